The molecule has 3 heterocycles. The van der Waals surface area contributed by atoms with Gasteiger partial charge < -0.3 is 15.6 Å². The van der Waals surface area contributed by atoms with Crippen molar-refractivity contribution in [3.05, 3.63) is 84.4 Å². The maximum atomic E-state index is 13.0. The van der Waals surface area contributed by atoms with E-state index >= 15 is 0 Å². The molecule has 0 radical (unpaired) electrons. The number of fused-ring (bicyclic) bond motifs is 1. The molecular formula is C23H18N6O2. The number of nitrogens with zero attached hydrogens (tertiary/aromatic N) is 4. The fourth-order valence-electron chi connectivity index (χ4n) is 3.41. The number of aromatic nitrogens is 4. The number of pyridine rings is 1. The van der Waals surface area contributed by atoms with Gasteiger partial charge in [-0.15, -0.1) is 0 Å². The van der Waals surface area contributed by atoms with Crippen LogP contribution in [-0.4, -0.2) is 25.8 Å². The van der Waals surface area contributed by atoms with Crippen molar-refractivity contribution in [2.45, 2.75) is 6.92 Å². The molecule has 3 N–H and O–H groups in total. The van der Waals surface area contributed by atoms with Crippen molar-refractivity contribution in [2.24, 2.45) is 0 Å². The smallest absolute Gasteiger partial charge is 0.274 e. The molecule has 31 heavy (non-hydrogen) atoms. The first-order valence-electron chi connectivity index (χ1n) is 9.62. The van der Waals surface area contributed by atoms with Crippen molar-refractivity contribution in [3.8, 4) is 16.8 Å². The Balaban J connectivity index is 1.43. The lowest BCUT2D eigenvalue weighted by molar-refractivity contribution is 0.101. The Morgan fingerprint density at radius 2 is 1.90 bits per heavy atom. The summed E-state index contributed by atoms with van der Waals surface area (Å²) >= 11 is 0. The van der Waals surface area contributed by atoms with Crippen LogP contribution >= 0.6 is 0 Å². The van der Waals surface area contributed by atoms with Gasteiger partial charge in [-0.3, -0.25) is 9.78 Å². The third-order valence-electron chi connectivity index (χ3n) is 4.93. The molecule has 5 rings (SSSR count). The van der Waals surface area contributed by atoms with Crippen molar-refractivity contribution in [2.75, 3.05) is 11.1 Å². The molecule has 3 aromatic heterocycles. The Hall–Kier alpha value is -4.46. The third kappa shape index (κ3) is 3.51. The van der Waals surface area contributed by atoms with E-state index in [1.165, 1.54) is 0 Å². The van der Waals surface area contributed by atoms with E-state index in [4.69, 9.17) is 10.3 Å². The molecule has 152 valence electrons. The van der Waals surface area contributed by atoms with Crippen molar-refractivity contribution in [3.63, 3.8) is 0 Å². The zero-order valence-electron chi connectivity index (χ0n) is 16.6. The number of carbonyl (C=O) groups is 1. The summed E-state index contributed by atoms with van der Waals surface area (Å²) in [7, 11) is 0. The lowest BCUT2D eigenvalue weighted by Crippen LogP contribution is -2.17. The Kier molecular flexibility index (Phi) is 4.44. The summed E-state index contributed by atoms with van der Waals surface area (Å²) in [6.07, 6.45) is 3.53. The number of nitrogen functional groups attached to an aromatic ring is 1. The number of carbonyl (C=O) groups excluding carboxylic acids is 1. The number of hydrogen-bond acceptors (Lipinski definition) is 6. The predicted octanol–water partition coefficient (Wildman–Crippen LogP) is 4.22. The third-order valence-corrected chi connectivity index (χ3v) is 4.93. The van der Waals surface area contributed by atoms with Crippen LogP contribution in [0.2, 0.25) is 0 Å². The number of rotatable bonds is 4. The molecule has 2 aromatic carbocycles. The van der Waals surface area contributed by atoms with Crippen LogP contribution in [0.25, 0.3) is 27.8 Å². The number of amides is 1. The average molecular weight is 410 g/mol. The minimum atomic E-state index is -0.270. The Labute approximate surface area is 177 Å². The maximum Gasteiger partial charge on any atom is 0.274 e. The molecule has 0 aliphatic rings. The molecule has 0 bridgehead atoms. The molecule has 0 unspecified atom stereocenters. The average Bonchev–Trinajstić information content (AvgIpc) is 3.37. The van der Waals surface area contributed by atoms with E-state index in [-0.39, 0.29) is 5.91 Å². The molecule has 0 saturated carbocycles. The fourth-order valence-corrected chi connectivity index (χ4v) is 3.41. The molecule has 0 aliphatic heterocycles. The molecule has 0 spiro atoms. The number of hydrogen-bond donors (Lipinski definition) is 2. The van der Waals surface area contributed by atoms with E-state index in [1.807, 2.05) is 43.3 Å². The van der Waals surface area contributed by atoms with Crippen molar-refractivity contribution in [1.82, 2.24) is 19.9 Å². The highest BCUT2D eigenvalue weighted by Gasteiger charge is 2.17. The molecule has 0 aliphatic carbocycles. The van der Waals surface area contributed by atoms with Gasteiger partial charge in [0.05, 0.1) is 16.8 Å². The van der Waals surface area contributed by atoms with E-state index in [9.17, 15) is 4.79 Å². The second-order valence-corrected chi connectivity index (χ2v) is 7.10. The van der Waals surface area contributed by atoms with Gasteiger partial charge in [0.1, 0.15) is 5.69 Å². The van der Waals surface area contributed by atoms with Gasteiger partial charge in [0.2, 0.25) is 0 Å². The van der Waals surface area contributed by atoms with E-state index in [0.717, 1.165) is 16.8 Å². The predicted molar refractivity (Wildman–Crippen MR) is 118 cm³/mol. The first-order chi connectivity index (χ1) is 15.1. The molecule has 8 heteroatoms. The maximum absolute atomic E-state index is 13.0. The molecule has 0 atom stereocenters. The fraction of sp³-hybridized carbons (Fsp3) is 0.0435. The van der Waals surface area contributed by atoms with Crippen molar-refractivity contribution in [1.29, 1.82) is 0 Å². The van der Waals surface area contributed by atoms with Crippen molar-refractivity contribution >= 4 is 28.4 Å². The number of nitrogens with two attached hydrogens (primary N) is 1. The van der Waals surface area contributed by atoms with Gasteiger partial charge in [-0.1, -0.05) is 23.4 Å². The Morgan fingerprint density at radius 3 is 2.68 bits per heavy atom. The number of benzene rings is 2. The van der Waals surface area contributed by atoms with Crippen LogP contribution in [0.15, 0.2) is 77.6 Å². The topological polar surface area (TPSA) is 112 Å². The van der Waals surface area contributed by atoms with E-state index < -0.39 is 0 Å². The quantitative estimate of drug-likeness (QED) is 0.459. The van der Waals surface area contributed by atoms with Gasteiger partial charge in [0.25, 0.3) is 5.91 Å². The first-order valence-corrected chi connectivity index (χ1v) is 9.62. The van der Waals surface area contributed by atoms with Crippen LogP contribution in [-0.2, 0) is 0 Å². The normalized spacial score (nSPS) is 11.0. The molecule has 0 saturated heterocycles. The summed E-state index contributed by atoms with van der Waals surface area (Å²) in [5.41, 5.74) is 11.0. The highest BCUT2D eigenvalue weighted by atomic mass is 16.5. The van der Waals surface area contributed by atoms with Gasteiger partial charge >= 0.3 is 0 Å². The van der Waals surface area contributed by atoms with Gasteiger partial charge in [0, 0.05) is 18.1 Å². The number of aryl methyl sites for hydroxylation is 1. The summed E-state index contributed by atoms with van der Waals surface area (Å²) in [5.74, 6) is 0.0218. The second-order valence-electron chi connectivity index (χ2n) is 7.10. The summed E-state index contributed by atoms with van der Waals surface area (Å²) in [5, 5.41) is 11.8. The number of anilines is 2. The van der Waals surface area contributed by atoms with Crippen molar-refractivity contribution < 1.29 is 9.32 Å². The SMILES string of the molecule is Cc1cc(C(=O)Nc2ccc(-c3cccnc3)cc2)n(-c2ccc3onc(N)c3c2)n1. The van der Waals surface area contributed by atoms with Gasteiger partial charge in [-0.05, 0) is 60.5 Å². The first kappa shape index (κ1) is 18.6. The highest BCUT2D eigenvalue weighted by Crippen LogP contribution is 2.25. The van der Waals surface area contributed by atoms with Gasteiger partial charge in [-0.2, -0.15) is 5.10 Å². The highest BCUT2D eigenvalue weighted by molar-refractivity contribution is 6.03. The molecule has 5 aromatic rings. The number of nitrogens with one attached hydrogen (secondary N) is 1. The minimum absolute atomic E-state index is 0.270. The van der Waals surface area contributed by atoms with Crippen LogP contribution in [0.4, 0.5) is 11.5 Å². The molecule has 0 fully saturated rings. The Bertz CT molecular complexity index is 1390. The zero-order chi connectivity index (χ0) is 21.4. The lowest BCUT2D eigenvalue weighted by Gasteiger charge is -2.09. The van der Waals surface area contributed by atoms with Crippen LogP contribution in [0.5, 0.6) is 0 Å². The summed E-state index contributed by atoms with van der Waals surface area (Å²) in [4.78, 5) is 17.2. The van der Waals surface area contributed by atoms with E-state index in [0.29, 0.717) is 33.9 Å². The summed E-state index contributed by atoms with van der Waals surface area (Å²) < 4.78 is 6.74. The molecule has 8 nitrogen and oxygen atoms in total. The van der Waals surface area contributed by atoms with Gasteiger partial charge in [0.15, 0.2) is 11.4 Å². The standard InChI is InChI=1S/C23H18N6O2/c1-14-11-20(29(27-14)18-8-9-21-19(12-18)22(24)28-31-21)23(30)26-17-6-4-15(5-7-17)16-3-2-10-25-13-16/h2-13H,1H3,(H2,24,28)(H,26,30). The van der Waals surface area contributed by atoms with E-state index in [1.54, 1.807) is 41.3 Å². The van der Waals surface area contributed by atoms with Crippen LogP contribution in [0.1, 0.15) is 16.2 Å². The summed E-state index contributed by atoms with van der Waals surface area (Å²) in [6, 6.07) is 18.6. The van der Waals surface area contributed by atoms with Crippen LogP contribution in [0, 0.1) is 6.92 Å². The largest absolute Gasteiger partial charge is 0.380 e. The van der Waals surface area contributed by atoms with Gasteiger partial charge in [-0.25, -0.2) is 4.68 Å². The molecule has 1 amide bonds. The van der Waals surface area contributed by atoms with Crippen LogP contribution in [0.3, 0.4) is 0 Å². The molecular weight excluding hydrogens is 392 g/mol. The summed E-state index contributed by atoms with van der Waals surface area (Å²) in [6.45, 7) is 1.84. The zero-order valence-corrected chi connectivity index (χ0v) is 16.6. The Morgan fingerprint density at radius 1 is 1.06 bits per heavy atom. The monoisotopic (exact) mass is 410 g/mol. The van der Waals surface area contributed by atoms with Crippen LogP contribution < -0.4 is 11.1 Å². The lowest BCUT2D eigenvalue weighted by atomic mass is 10.1. The van der Waals surface area contributed by atoms with E-state index in [2.05, 4.69) is 20.6 Å². The second kappa shape index (κ2) is 7.42. The minimum Gasteiger partial charge on any atom is -0.380 e.